The fourth-order valence-electron chi connectivity index (χ4n) is 2.42. The number of benzene rings is 1. The molecule has 13 heteroatoms. The fraction of sp³-hybridized carbons (Fsp3) is 0.273. The minimum Gasteiger partial charge on any atom is -0.478 e. The predicted molar refractivity (Wildman–Crippen MR) is 128 cm³/mol. The number of fused-ring (bicyclic) bond motifs is 1. The minimum atomic E-state index is -2.94. The highest BCUT2D eigenvalue weighted by atomic mass is 35.5. The Bertz CT molecular complexity index is 1710. The molecule has 0 amide bonds. The summed E-state index contributed by atoms with van der Waals surface area (Å²) in [6.07, 6.45) is -3.59. The number of rotatable bonds is 6. The van der Waals surface area contributed by atoms with E-state index in [2.05, 4.69) is 15.0 Å². The summed E-state index contributed by atoms with van der Waals surface area (Å²) in [4.78, 5) is 32.1. The number of hydrogen-bond donors (Lipinski definition) is 3. The number of halogens is 2. The van der Waals surface area contributed by atoms with Crippen LogP contribution in [0, 0.1) is 17.1 Å². The van der Waals surface area contributed by atoms with Gasteiger partial charge in [-0.1, -0.05) is 29.0 Å². The summed E-state index contributed by atoms with van der Waals surface area (Å²) in [5, 5.41) is 25.1. The predicted octanol–water partition coefficient (Wildman–Crippen LogP) is 3.54. The number of aromatic nitrogens is 3. The number of nitriles is 1. The topological polar surface area (TPSA) is 152 Å². The van der Waals surface area contributed by atoms with Gasteiger partial charge in [0.25, 0.3) is 0 Å². The number of carbonyl (C=O) groups is 2. The highest BCUT2D eigenvalue weighted by Gasteiger charge is 2.21. The molecule has 1 atom stereocenters. The van der Waals surface area contributed by atoms with Crippen LogP contribution >= 0.6 is 22.9 Å². The summed E-state index contributed by atoms with van der Waals surface area (Å²) < 4.78 is 98.6. The zero-order valence-electron chi connectivity index (χ0n) is 27.3. The van der Waals surface area contributed by atoms with Gasteiger partial charge in [0, 0.05) is 44.6 Å². The highest BCUT2D eigenvalue weighted by molar-refractivity contribution is 7.21. The Morgan fingerprint density at radius 2 is 2.11 bits per heavy atom. The van der Waals surface area contributed by atoms with Crippen LogP contribution in [-0.2, 0) is 16.1 Å². The van der Waals surface area contributed by atoms with Crippen molar-refractivity contribution in [3.8, 4) is 6.07 Å². The number of carboxylic acid groups (broad SMARTS) is 2. The highest BCUT2D eigenvalue weighted by Crippen LogP contribution is 2.28. The molecule has 35 heavy (non-hydrogen) atoms. The standard InChI is InChI=1S/C18H16ClFN6S.C4H4O4/c19-18-25-15-16(22-10-23-17(15)27-18)24-13-3-5-26(6-4-13)9-11-1-2-14(20)12(7-11)8-21;5-3(6)1-2-4(7)8/h1-2,7,10,13H,3-6,9H2,(H,22,23,24);1-2H,(H,5,6)(H,7,8)/b;2-1-/i1D,2D,3D2,4D2,7D,9D,13D;/hD. The number of nitrogens with zero attached hydrogens (tertiary/aromatic N) is 5. The third kappa shape index (κ3) is 7.68. The summed E-state index contributed by atoms with van der Waals surface area (Å²) in [6.45, 7) is -3.50. The van der Waals surface area contributed by atoms with E-state index in [9.17, 15) is 19.2 Å². The molecule has 1 unspecified atom stereocenters. The van der Waals surface area contributed by atoms with Crippen molar-refractivity contribution in [2.24, 2.45) is 0 Å². The van der Waals surface area contributed by atoms with Crippen molar-refractivity contribution in [1.29, 1.82) is 5.26 Å². The number of piperidine rings is 1. The molecule has 1 aliphatic rings. The van der Waals surface area contributed by atoms with Crippen LogP contribution in [0.15, 0.2) is 36.6 Å². The Balaban J connectivity index is 0.000000610. The summed E-state index contributed by atoms with van der Waals surface area (Å²) in [7, 11) is 0. The van der Waals surface area contributed by atoms with Gasteiger partial charge in [-0.3, -0.25) is 4.90 Å². The fourth-order valence-corrected chi connectivity index (χ4v) is 3.35. The monoisotopic (exact) mass is 528 g/mol. The largest absolute Gasteiger partial charge is 0.478 e. The van der Waals surface area contributed by atoms with E-state index in [4.69, 9.17) is 35.6 Å². The van der Waals surface area contributed by atoms with Crippen LogP contribution in [0.1, 0.15) is 36.2 Å². The van der Waals surface area contributed by atoms with Gasteiger partial charge in [-0.2, -0.15) is 5.26 Å². The third-order valence-corrected chi connectivity index (χ3v) is 4.91. The first-order chi connectivity index (χ1) is 20.7. The van der Waals surface area contributed by atoms with Crippen LogP contribution in [0.25, 0.3) is 10.3 Å². The summed E-state index contributed by atoms with van der Waals surface area (Å²) in [5.74, 6) is -4.27. The van der Waals surface area contributed by atoms with E-state index < -0.39 is 85.4 Å². The molecule has 4 rings (SSSR count). The molecular formula is C22H20ClFN6O4S. The lowest BCUT2D eigenvalue weighted by Gasteiger charge is -2.32. The number of carboxylic acids is 2. The number of anilines is 1. The molecule has 182 valence electrons. The van der Waals surface area contributed by atoms with E-state index in [1.165, 1.54) is 6.07 Å². The first kappa shape index (κ1) is 15.4. The van der Waals surface area contributed by atoms with E-state index in [1.807, 2.05) is 0 Å². The zero-order chi connectivity index (χ0) is 34.2. The smallest absolute Gasteiger partial charge is 0.328 e. The Hall–Kier alpha value is -3.66. The summed E-state index contributed by atoms with van der Waals surface area (Å²) >= 11 is 6.87. The molecule has 0 spiro atoms. The molecule has 0 saturated carbocycles. The van der Waals surface area contributed by atoms with Crippen molar-refractivity contribution in [2.45, 2.75) is 25.3 Å². The van der Waals surface area contributed by atoms with Crippen molar-refractivity contribution in [2.75, 3.05) is 18.4 Å². The molecule has 1 aromatic carbocycles. The maximum Gasteiger partial charge on any atom is 0.328 e. The number of likely N-dealkylation sites (tertiary alicyclic amines) is 1. The Labute approximate surface area is 222 Å². The molecule has 1 saturated heterocycles. The lowest BCUT2D eigenvalue weighted by Crippen LogP contribution is -2.38. The van der Waals surface area contributed by atoms with Gasteiger partial charge >= 0.3 is 11.9 Å². The molecule has 1 fully saturated rings. The molecule has 3 heterocycles. The SMILES string of the molecule is O=C(O)/C=C\C(=O)O.[2H]c1c([2H])c(C([2H])N2CC([2H])([2H])C([2H])(N([2H])c3ncnc4sc(Cl)nc34)C([2H])([2H])C2)c([2H])c(C#N)c1F. The van der Waals surface area contributed by atoms with E-state index in [0.29, 0.717) is 12.2 Å². The number of nitrogens with one attached hydrogen (secondary N) is 1. The average molecular weight is 529 g/mol. The third-order valence-electron chi connectivity index (χ3n) is 3.84. The van der Waals surface area contributed by atoms with Gasteiger partial charge in [0.1, 0.15) is 28.6 Å². The van der Waals surface area contributed by atoms with Gasteiger partial charge in [0.2, 0.25) is 0 Å². The summed E-state index contributed by atoms with van der Waals surface area (Å²) in [5.41, 5.74) is -1.47. The van der Waals surface area contributed by atoms with Gasteiger partial charge < -0.3 is 15.5 Å². The molecule has 3 N–H and O–H groups in total. The van der Waals surface area contributed by atoms with E-state index in [0.717, 1.165) is 22.6 Å². The van der Waals surface area contributed by atoms with Crippen molar-refractivity contribution >= 4 is 51.0 Å². The minimum absolute atomic E-state index is 0.0254. The lowest BCUT2D eigenvalue weighted by atomic mass is 10.0. The Morgan fingerprint density at radius 3 is 2.74 bits per heavy atom. The molecule has 3 aromatic rings. The molecule has 10 nitrogen and oxygen atoms in total. The van der Waals surface area contributed by atoms with Crippen molar-refractivity contribution in [3.63, 3.8) is 0 Å². The maximum absolute atomic E-state index is 14.2. The summed E-state index contributed by atoms with van der Waals surface area (Å²) in [6, 6.07) is -4.25. The Morgan fingerprint density at radius 1 is 1.43 bits per heavy atom. The van der Waals surface area contributed by atoms with Crippen LogP contribution in [0.3, 0.4) is 0 Å². The second kappa shape index (κ2) is 12.2. The quantitative estimate of drug-likeness (QED) is 0.405. The van der Waals surface area contributed by atoms with Crippen LogP contribution in [0.4, 0.5) is 10.2 Å². The molecule has 1 aliphatic heterocycles. The molecule has 0 aliphatic carbocycles. The number of aliphatic carboxylic acids is 2. The van der Waals surface area contributed by atoms with Crippen molar-refractivity contribution in [1.82, 2.24) is 19.9 Å². The van der Waals surface area contributed by atoms with Gasteiger partial charge in [0.05, 0.1) is 11.0 Å². The Kier molecular flexibility index (Phi) is 5.34. The van der Waals surface area contributed by atoms with Crippen LogP contribution < -0.4 is 5.31 Å². The second-order valence-electron chi connectivity index (χ2n) is 6.27. The van der Waals surface area contributed by atoms with Crippen molar-refractivity contribution in [3.05, 3.63) is 58.0 Å². The maximum atomic E-state index is 14.2. The first-order valence-electron chi connectivity index (χ1n) is 14.3. The lowest BCUT2D eigenvalue weighted by molar-refractivity contribution is -0.134. The van der Waals surface area contributed by atoms with E-state index in [-0.39, 0.29) is 25.9 Å². The van der Waals surface area contributed by atoms with Crippen LogP contribution in [-0.4, -0.2) is 61.1 Å². The van der Waals surface area contributed by atoms with Crippen LogP contribution in [0.2, 0.25) is 5.88 Å². The van der Waals surface area contributed by atoms with Gasteiger partial charge in [0.15, 0.2) is 11.7 Å². The van der Waals surface area contributed by atoms with Gasteiger partial charge in [-0.05, 0) is 30.4 Å². The van der Waals surface area contributed by atoms with Crippen molar-refractivity contribution < 1.29 is 37.9 Å². The zero-order valence-corrected chi connectivity index (χ0v) is 18.9. The molecule has 0 bridgehead atoms. The molecule has 0 radical (unpaired) electrons. The number of hydrogen-bond acceptors (Lipinski definition) is 9. The number of thiazole rings is 1. The molecule has 2 aromatic heterocycles. The van der Waals surface area contributed by atoms with Gasteiger partial charge in [-0.15, -0.1) is 0 Å². The second-order valence-corrected chi connectivity index (χ2v) is 7.82. The van der Waals surface area contributed by atoms with E-state index >= 15 is 0 Å². The molecular weight excluding hydrogens is 499 g/mol. The average Bonchev–Trinajstić information content (AvgIpc) is 3.33. The van der Waals surface area contributed by atoms with E-state index in [1.54, 1.807) is 0 Å². The van der Waals surface area contributed by atoms with Gasteiger partial charge in [-0.25, -0.2) is 28.9 Å². The normalized spacial score (nSPS) is 23.1. The first-order valence-corrected chi connectivity index (χ1v) is 10.5. The van der Waals surface area contributed by atoms with Crippen LogP contribution in [0.5, 0.6) is 0 Å².